The van der Waals surface area contributed by atoms with Crippen molar-refractivity contribution >= 4 is 0 Å². The molecule has 0 fully saturated rings. The molecule has 0 aliphatic heterocycles. The molecule has 16 heavy (non-hydrogen) atoms. The van der Waals surface area contributed by atoms with Crippen LogP contribution in [0.2, 0.25) is 0 Å². The summed E-state index contributed by atoms with van der Waals surface area (Å²) >= 11 is 0. The van der Waals surface area contributed by atoms with Crippen LogP contribution in [-0.4, -0.2) is 6.10 Å². The van der Waals surface area contributed by atoms with Crippen molar-refractivity contribution in [3.05, 3.63) is 29.3 Å². The molecule has 1 atom stereocenters. The Morgan fingerprint density at radius 3 is 2.50 bits per heavy atom. The lowest BCUT2D eigenvalue weighted by Crippen LogP contribution is -2.16. The summed E-state index contributed by atoms with van der Waals surface area (Å²) in [5.74, 6) is 1.59. The van der Waals surface area contributed by atoms with Gasteiger partial charge in [0.1, 0.15) is 5.75 Å². The van der Waals surface area contributed by atoms with Crippen molar-refractivity contribution in [3.63, 3.8) is 0 Å². The summed E-state index contributed by atoms with van der Waals surface area (Å²) in [6.07, 6.45) is 1.31. The van der Waals surface area contributed by atoms with Gasteiger partial charge in [-0.25, -0.2) is 0 Å². The Balaban J connectivity index is 2.74. The Morgan fingerprint density at radius 2 is 1.94 bits per heavy atom. The Bertz CT molecular complexity index is 334. The Hall–Kier alpha value is -1.02. The van der Waals surface area contributed by atoms with E-state index in [2.05, 4.69) is 39.8 Å². The first-order valence-corrected chi connectivity index (χ1v) is 5.99. The van der Waals surface area contributed by atoms with Crippen LogP contribution in [-0.2, 0) is 6.54 Å². The molecule has 0 radical (unpaired) electrons. The molecule has 1 rings (SSSR count). The van der Waals surface area contributed by atoms with Crippen LogP contribution in [0.25, 0.3) is 0 Å². The number of ether oxygens (including phenoxy) is 1. The SMILES string of the molecule is Cc1ccc(CN)c(O[C@H](C)CC(C)C)c1. The first-order valence-electron chi connectivity index (χ1n) is 5.99. The second-order valence-electron chi connectivity index (χ2n) is 4.87. The third-order valence-electron chi connectivity index (χ3n) is 2.57. The Labute approximate surface area is 98.8 Å². The van der Waals surface area contributed by atoms with Gasteiger partial charge >= 0.3 is 0 Å². The quantitative estimate of drug-likeness (QED) is 0.828. The first kappa shape index (κ1) is 13.0. The minimum atomic E-state index is 0.243. The van der Waals surface area contributed by atoms with Crippen molar-refractivity contribution in [2.24, 2.45) is 11.7 Å². The van der Waals surface area contributed by atoms with E-state index >= 15 is 0 Å². The second-order valence-corrected chi connectivity index (χ2v) is 4.87. The maximum Gasteiger partial charge on any atom is 0.124 e. The standard InChI is InChI=1S/C14H23NO/c1-10(2)7-12(4)16-14-8-11(3)5-6-13(14)9-15/h5-6,8,10,12H,7,9,15H2,1-4H3/t12-/m1/s1. The van der Waals surface area contributed by atoms with Gasteiger partial charge in [-0.3, -0.25) is 0 Å². The molecular formula is C14H23NO. The molecule has 0 amide bonds. The average molecular weight is 221 g/mol. The van der Waals surface area contributed by atoms with Gasteiger partial charge in [0.15, 0.2) is 0 Å². The number of benzene rings is 1. The molecule has 1 aromatic carbocycles. The molecule has 0 spiro atoms. The van der Waals surface area contributed by atoms with Crippen molar-refractivity contribution < 1.29 is 4.74 Å². The lowest BCUT2D eigenvalue weighted by atomic mass is 10.1. The molecule has 0 saturated carbocycles. The Kier molecular flexibility index (Phi) is 4.81. The molecule has 1 aromatic rings. The van der Waals surface area contributed by atoms with E-state index in [4.69, 9.17) is 10.5 Å². The van der Waals surface area contributed by atoms with Crippen LogP contribution in [0.1, 0.15) is 38.3 Å². The zero-order valence-corrected chi connectivity index (χ0v) is 10.8. The van der Waals surface area contributed by atoms with Crippen LogP contribution >= 0.6 is 0 Å². The third-order valence-corrected chi connectivity index (χ3v) is 2.57. The van der Waals surface area contributed by atoms with Gasteiger partial charge in [0, 0.05) is 12.1 Å². The number of nitrogens with two attached hydrogens (primary N) is 1. The minimum absolute atomic E-state index is 0.243. The molecule has 0 unspecified atom stereocenters. The molecule has 0 aliphatic carbocycles. The molecular weight excluding hydrogens is 198 g/mol. The van der Waals surface area contributed by atoms with Crippen molar-refractivity contribution in [3.8, 4) is 5.75 Å². The van der Waals surface area contributed by atoms with Crippen LogP contribution in [0.3, 0.4) is 0 Å². The lowest BCUT2D eigenvalue weighted by molar-refractivity contribution is 0.191. The van der Waals surface area contributed by atoms with Gasteiger partial charge in [0.2, 0.25) is 0 Å². The normalized spacial score (nSPS) is 12.9. The zero-order chi connectivity index (χ0) is 12.1. The lowest BCUT2D eigenvalue weighted by Gasteiger charge is -2.19. The monoisotopic (exact) mass is 221 g/mol. The number of hydrogen-bond acceptors (Lipinski definition) is 2. The van der Waals surface area contributed by atoms with E-state index in [-0.39, 0.29) is 6.10 Å². The highest BCUT2D eigenvalue weighted by atomic mass is 16.5. The fourth-order valence-electron chi connectivity index (χ4n) is 1.87. The van der Waals surface area contributed by atoms with Crippen molar-refractivity contribution in [1.29, 1.82) is 0 Å². The summed E-state index contributed by atoms with van der Waals surface area (Å²) in [7, 11) is 0. The van der Waals surface area contributed by atoms with Gasteiger partial charge in [-0.2, -0.15) is 0 Å². The smallest absolute Gasteiger partial charge is 0.124 e. The highest BCUT2D eigenvalue weighted by molar-refractivity contribution is 5.37. The number of rotatable bonds is 5. The molecule has 0 heterocycles. The highest BCUT2D eigenvalue weighted by Gasteiger charge is 2.09. The first-order chi connectivity index (χ1) is 7.52. The van der Waals surface area contributed by atoms with E-state index in [0.29, 0.717) is 12.5 Å². The summed E-state index contributed by atoms with van der Waals surface area (Å²) in [6, 6.07) is 6.19. The predicted octanol–water partition coefficient (Wildman–Crippen LogP) is 3.27. The van der Waals surface area contributed by atoms with E-state index in [9.17, 15) is 0 Å². The highest BCUT2D eigenvalue weighted by Crippen LogP contribution is 2.22. The van der Waals surface area contributed by atoms with Crippen molar-refractivity contribution in [2.45, 2.75) is 46.8 Å². The molecule has 0 bridgehead atoms. The van der Waals surface area contributed by atoms with E-state index in [1.807, 2.05) is 6.07 Å². The van der Waals surface area contributed by atoms with Crippen LogP contribution in [0.5, 0.6) is 5.75 Å². The summed E-state index contributed by atoms with van der Waals surface area (Å²) < 4.78 is 5.95. The van der Waals surface area contributed by atoms with E-state index < -0.39 is 0 Å². The predicted molar refractivity (Wildman–Crippen MR) is 68.6 cm³/mol. The van der Waals surface area contributed by atoms with Crippen LogP contribution < -0.4 is 10.5 Å². The van der Waals surface area contributed by atoms with Crippen LogP contribution in [0, 0.1) is 12.8 Å². The van der Waals surface area contributed by atoms with Crippen molar-refractivity contribution in [1.82, 2.24) is 0 Å². The van der Waals surface area contributed by atoms with Gasteiger partial charge in [-0.15, -0.1) is 0 Å². The molecule has 2 heteroatoms. The van der Waals surface area contributed by atoms with Gasteiger partial charge in [-0.05, 0) is 37.8 Å². The van der Waals surface area contributed by atoms with Gasteiger partial charge in [0.05, 0.1) is 6.10 Å². The topological polar surface area (TPSA) is 35.2 Å². The Morgan fingerprint density at radius 1 is 1.25 bits per heavy atom. The molecule has 90 valence electrons. The molecule has 0 aromatic heterocycles. The van der Waals surface area contributed by atoms with Gasteiger partial charge in [0.25, 0.3) is 0 Å². The van der Waals surface area contributed by atoms with Crippen molar-refractivity contribution in [2.75, 3.05) is 0 Å². The molecule has 0 aliphatic rings. The molecule has 2 nitrogen and oxygen atoms in total. The zero-order valence-electron chi connectivity index (χ0n) is 10.8. The average Bonchev–Trinajstić information content (AvgIpc) is 2.16. The summed E-state index contributed by atoms with van der Waals surface area (Å²) in [5.41, 5.74) is 7.99. The fraction of sp³-hybridized carbons (Fsp3) is 0.571. The van der Waals surface area contributed by atoms with E-state index in [1.54, 1.807) is 0 Å². The van der Waals surface area contributed by atoms with Crippen LogP contribution in [0.15, 0.2) is 18.2 Å². The van der Waals surface area contributed by atoms with Gasteiger partial charge < -0.3 is 10.5 Å². The largest absolute Gasteiger partial charge is 0.490 e. The molecule has 0 saturated heterocycles. The fourth-order valence-corrected chi connectivity index (χ4v) is 1.87. The van der Waals surface area contributed by atoms with Crippen LogP contribution in [0.4, 0.5) is 0 Å². The molecule has 2 N–H and O–H groups in total. The van der Waals surface area contributed by atoms with E-state index in [1.165, 1.54) is 5.56 Å². The summed E-state index contributed by atoms with van der Waals surface area (Å²) in [5, 5.41) is 0. The number of hydrogen-bond donors (Lipinski definition) is 1. The maximum absolute atomic E-state index is 5.95. The minimum Gasteiger partial charge on any atom is -0.490 e. The third kappa shape index (κ3) is 3.86. The maximum atomic E-state index is 5.95. The number of aryl methyl sites for hydroxylation is 1. The summed E-state index contributed by atoms with van der Waals surface area (Å²) in [4.78, 5) is 0. The van der Waals surface area contributed by atoms with E-state index in [0.717, 1.165) is 17.7 Å². The summed E-state index contributed by atoms with van der Waals surface area (Å²) in [6.45, 7) is 9.13. The second kappa shape index (κ2) is 5.90. The van der Waals surface area contributed by atoms with Gasteiger partial charge in [-0.1, -0.05) is 26.0 Å².